The van der Waals surface area contributed by atoms with Gasteiger partial charge in [-0.3, -0.25) is 0 Å². The molecule has 2 heterocycles. The molecule has 0 spiro atoms. The van der Waals surface area contributed by atoms with Crippen LogP contribution < -0.4 is 10.2 Å². The summed E-state index contributed by atoms with van der Waals surface area (Å²) in [5.74, 6) is 0. The van der Waals surface area contributed by atoms with E-state index < -0.39 is 0 Å². The summed E-state index contributed by atoms with van der Waals surface area (Å²) in [4.78, 5) is 2.37. The first-order valence-corrected chi connectivity index (χ1v) is 7.65. The van der Waals surface area contributed by atoms with E-state index in [-0.39, 0.29) is 0 Å². The Balaban J connectivity index is 1.80. The zero-order valence-electron chi connectivity index (χ0n) is 11.1. The first-order valence-electron chi connectivity index (χ1n) is 6.86. The topological polar surface area (TPSA) is 39.1 Å². The summed E-state index contributed by atoms with van der Waals surface area (Å²) in [7, 11) is 2.17. The third kappa shape index (κ3) is 2.50. The smallest absolute Gasteiger partial charge is 0.0992 e. The molecule has 0 saturated carbocycles. The standard InChI is InChI=1S/C15H18BrN3/c1-19(13-7-11-3-4-12(8-13)18-11)15-5-2-10(9-17)6-14(15)16/h2,5-6,11-13,18H,3-4,7-8H2,1H3. The van der Waals surface area contributed by atoms with Crippen LogP contribution in [0.2, 0.25) is 0 Å². The van der Waals surface area contributed by atoms with E-state index in [2.05, 4.69) is 39.3 Å². The van der Waals surface area contributed by atoms with E-state index in [0.717, 1.165) is 4.47 Å². The van der Waals surface area contributed by atoms with Gasteiger partial charge in [-0.1, -0.05) is 0 Å². The molecule has 4 heteroatoms. The average molecular weight is 320 g/mol. The minimum atomic E-state index is 0.600. The van der Waals surface area contributed by atoms with Crippen molar-refractivity contribution in [3.8, 4) is 6.07 Å². The third-order valence-electron chi connectivity index (χ3n) is 4.45. The molecule has 3 rings (SSSR count). The van der Waals surface area contributed by atoms with Gasteiger partial charge in [-0.15, -0.1) is 0 Å². The Kier molecular flexibility index (Phi) is 3.51. The van der Waals surface area contributed by atoms with Crippen molar-refractivity contribution < 1.29 is 0 Å². The van der Waals surface area contributed by atoms with Crippen molar-refractivity contribution in [3.63, 3.8) is 0 Å². The molecule has 2 unspecified atom stereocenters. The van der Waals surface area contributed by atoms with Crippen molar-refractivity contribution in [2.24, 2.45) is 0 Å². The number of nitrogens with one attached hydrogen (secondary N) is 1. The van der Waals surface area contributed by atoms with Crippen LogP contribution >= 0.6 is 15.9 Å². The highest BCUT2D eigenvalue weighted by molar-refractivity contribution is 9.10. The maximum atomic E-state index is 8.93. The second kappa shape index (κ2) is 5.15. The summed E-state index contributed by atoms with van der Waals surface area (Å²) >= 11 is 3.59. The van der Waals surface area contributed by atoms with Crippen molar-refractivity contribution >= 4 is 21.6 Å². The van der Waals surface area contributed by atoms with Gasteiger partial charge in [0.25, 0.3) is 0 Å². The van der Waals surface area contributed by atoms with Crippen molar-refractivity contribution in [3.05, 3.63) is 28.2 Å². The second-order valence-electron chi connectivity index (χ2n) is 5.65. The number of hydrogen-bond acceptors (Lipinski definition) is 3. The summed E-state index contributed by atoms with van der Waals surface area (Å²) in [6.07, 6.45) is 5.09. The lowest BCUT2D eigenvalue weighted by Crippen LogP contribution is -2.47. The fraction of sp³-hybridized carbons (Fsp3) is 0.533. The molecule has 2 aliphatic rings. The highest BCUT2D eigenvalue weighted by Crippen LogP contribution is 2.34. The van der Waals surface area contributed by atoms with Gasteiger partial charge in [0.2, 0.25) is 0 Å². The van der Waals surface area contributed by atoms with E-state index in [1.807, 2.05) is 18.2 Å². The van der Waals surface area contributed by atoms with Crippen molar-refractivity contribution in [2.75, 3.05) is 11.9 Å². The second-order valence-corrected chi connectivity index (χ2v) is 6.51. The van der Waals surface area contributed by atoms with E-state index >= 15 is 0 Å². The Hall–Kier alpha value is -1.05. The molecule has 100 valence electrons. The molecule has 0 amide bonds. The number of anilines is 1. The molecule has 1 aromatic carbocycles. The van der Waals surface area contributed by atoms with Crippen LogP contribution in [0.1, 0.15) is 31.2 Å². The number of hydrogen-bond donors (Lipinski definition) is 1. The van der Waals surface area contributed by atoms with Gasteiger partial charge in [0, 0.05) is 29.6 Å². The molecule has 3 nitrogen and oxygen atoms in total. The maximum absolute atomic E-state index is 8.93. The first kappa shape index (κ1) is 13.0. The average Bonchev–Trinajstić information content (AvgIpc) is 2.76. The molecule has 2 aliphatic heterocycles. The molecule has 0 aromatic heterocycles. The number of piperidine rings is 1. The quantitative estimate of drug-likeness (QED) is 0.910. The minimum Gasteiger partial charge on any atom is -0.371 e. The van der Waals surface area contributed by atoms with Crippen LogP contribution in [0.5, 0.6) is 0 Å². The van der Waals surface area contributed by atoms with Crippen LogP contribution in [0.25, 0.3) is 0 Å². The molecular weight excluding hydrogens is 302 g/mol. The van der Waals surface area contributed by atoms with Crippen LogP contribution in [0, 0.1) is 11.3 Å². The molecule has 1 aromatic rings. The highest BCUT2D eigenvalue weighted by atomic mass is 79.9. The van der Waals surface area contributed by atoms with Crippen molar-refractivity contribution in [1.29, 1.82) is 5.26 Å². The predicted molar refractivity (Wildman–Crippen MR) is 80.2 cm³/mol. The van der Waals surface area contributed by atoms with Gasteiger partial charge in [-0.25, -0.2) is 0 Å². The zero-order valence-corrected chi connectivity index (χ0v) is 12.7. The van der Waals surface area contributed by atoms with Crippen LogP contribution in [0.4, 0.5) is 5.69 Å². The molecular formula is C15H18BrN3. The molecule has 19 heavy (non-hydrogen) atoms. The minimum absolute atomic E-state index is 0.600. The van der Waals surface area contributed by atoms with Crippen LogP contribution in [-0.2, 0) is 0 Å². The lowest BCUT2D eigenvalue weighted by atomic mass is 9.98. The van der Waals surface area contributed by atoms with E-state index in [9.17, 15) is 0 Å². The van der Waals surface area contributed by atoms with E-state index in [4.69, 9.17) is 5.26 Å². The predicted octanol–water partition coefficient (Wildman–Crippen LogP) is 3.04. The summed E-state index contributed by atoms with van der Waals surface area (Å²) in [6.45, 7) is 0. The Morgan fingerprint density at radius 1 is 1.32 bits per heavy atom. The van der Waals surface area contributed by atoms with E-state index in [1.165, 1.54) is 31.4 Å². The Morgan fingerprint density at radius 2 is 2.00 bits per heavy atom. The fourth-order valence-corrected chi connectivity index (χ4v) is 4.06. The van der Waals surface area contributed by atoms with Gasteiger partial charge in [0.15, 0.2) is 0 Å². The number of halogens is 1. The molecule has 2 bridgehead atoms. The summed E-state index contributed by atoms with van der Waals surface area (Å²) in [5.41, 5.74) is 1.89. The van der Waals surface area contributed by atoms with Crippen LogP contribution in [0.3, 0.4) is 0 Å². The van der Waals surface area contributed by atoms with Crippen LogP contribution in [0.15, 0.2) is 22.7 Å². The van der Waals surface area contributed by atoms with E-state index in [0.29, 0.717) is 23.7 Å². The summed E-state index contributed by atoms with van der Waals surface area (Å²) in [5, 5.41) is 12.6. The molecule has 2 fully saturated rings. The van der Waals surface area contributed by atoms with Gasteiger partial charge >= 0.3 is 0 Å². The number of fused-ring (bicyclic) bond motifs is 2. The van der Waals surface area contributed by atoms with Gasteiger partial charge in [0.05, 0.1) is 17.3 Å². The number of rotatable bonds is 2. The molecule has 1 N–H and O–H groups in total. The lowest BCUT2D eigenvalue weighted by Gasteiger charge is -2.37. The van der Waals surface area contributed by atoms with Crippen molar-refractivity contribution in [2.45, 2.75) is 43.8 Å². The number of nitriles is 1. The highest BCUT2D eigenvalue weighted by Gasteiger charge is 2.35. The third-order valence-corrected chi connectivity index (χ3v) is 5.09. The molecule has 0 aliphatic carbocycles. The van der Waals surface area contributed by atoms with Gasteiger partial charge in [-0.2, -0.15) is 5.26 Å². The number of benzene rings is 1. The Labute approximate surface area is 122 Å². The zero-order chi connectivity index (χ0) is 13.4. The Bertz CT molecular complexity index is 511. The molecule has 2 saturated heterocycles. The maximum Gasteiger partial charge on any atom is 0.0992 e. The molecule has 2 atom stereocenters. The van der Waals surface area contributed by atoms with Gasteiger partial charge in [-0.05, 0) is 59.8 Å². The van der Waals surface area contributed by atoms with Crippen molar-refractivity contribution in [1.82, 2.24) is 5.32 Å². The van der Waals surface area contributed by atoms with E-state index in [1.54, 1.807) is 0 Å². The summed E-state index contributed by atoms with van der Waals surface area (Å²) in [6, 6.07) is 10.0. The SMILES string of the molecule is CN(c1ccc(C#N)cc1Br)C1CC2CCC(C1)N2. The largest absolute Gasteiger partial charge is 0.371 e. The molecule has 0 radical (unpaired) electrons. The Morgan fingerprint density at radius 3 is 2.58 bits per heavy atom. The summed E-state index contributed by atoms with van der Waals surface area (Å²) < 4.78 is 1.01. The van der Waals surface area contributed by atoms with Gasteiger partial charge in [0.1, 0.15) is 0 Å². The fourth-order valence-electron chi connectivity index (χ4n) is 3.40. The lowest BCUT2D eigenvalue weighted by molar-refractivity contribution is 0.354. The number of nitrogens with zero attached hydrogens (tertiary/aromatic N) is 2. The van der Waals surface area contributed by atoms with Gasteiger partial charge < -0.3 is 10.2 Å². The van der Waals surface area contributed by atoms with Crippen LogP contribution in [-0.4, -0.2) is 25.2 Å². The first-order chi connectivity index (χ1) is 9.17. The monoisotopic (exact) mass is 319 g/mol. The normalized spacial score (nSPS) is 29.0.